The van der Waals surface area contributed by atoms with E-state index in [0.29, 0.717) is 6.54 Å². The Morgan fingerprint density at radius 2 is 2.56 bits per heavy atom. The molecule has 0 aromatic heterocycles. The molecular weight excluding hydrogens is 218 g/mol. The normalized spacial score (nSPS) is 16.7. The number of amides is 1. The molecule has 0 aromatic carbocycles. The lowest BCUT2D eigenvalue weighted by Gasteiger charge is -2.04. The Balaban J connectivity index is 2.46. The number of nitrogens with zero attached hydrogens (tertiary/aromatic N) is 3. The van der Waals surface area contributed by atoms with Gasteiger partial charge >= 0.3 is 12.8 Å². The molecule has 88 valence electrons. The first kappa shape index (κ1) is 12.0. The van der Waals surface area contributed by atoms with Crippen LogP contribution in [-0.4, -0.2) is 42.1 Å². The van der Waals surface area contributed by atoms with Gasteiger partial charge in [-0.15, -0.1) is 0 Å². The molecule has 0 bridgehead atoms. The number of hydrazone groups is 1. The molecule has 1 rings (SSSR count). The molecule has 0 saturated carbocycles. The molecule has 8 nitrogen and oxygen atoms in total. The summed E-state index contributed by atoms with van der Waals surface area (Å²) in [5.41, 5.74) is 0. The van der Waals surface area contributed by atoms with E-state index in [4.69, 9.17) is 4.74 Å². The van der Waals surface area contributed by atoms with Crippen LogP contribution in [0.4, 0.5) is 4.79 Å². The number of carbonyl (C=O) groups is 1. The summed E-state index contributed by atoms with van der Waals surface area (Å²) in [5.74, 6) is 0.219. The summed E-state index contributed by atoms with van der Waals surface area (Å²) in [4.78, 5) is 20.4. The van der Waals surface area contributed by atoms with Gasteiger partial charge in [0.15, 0.2) is 0 Å². The fraction of sp³-hybridized carbons (Fsp3) is 0.500. The minimum absolute atomic E-state index is 0.219. The molecule has 1 fully saturated rings. The SMILES string of the molecule is C/C=C(/C=N/N1CCOC1=O)OC[N+](=O)[O-]. The van der Waals surface area contributed by atoms with E-state index in [0.717, 1.165) is 5.01 Å². The van der Waals surface area contributed by atoms with Crippen LogP contribution in [-0.2, 0) is 9.47 Å². The van der Waals surface area contributed by atoms with E-state index in [9.17, 15) is 14.9 Å². The van der Waals surface area contributed by atoms with E-state index >= 15 is 0 Å². The van der Waals surface area contributed by atoms with Crippen molar-refractivity contribution in [3.63, 3.8) is 0 Å². The van der Waals surface area contributed by atoms with Crippen LogP contribution in [0.1, 0.15) is 6.92 Å². The average molecular weight is 229 g/mol. The Hall–Kier alpha value is -2.12. The second kappa shape index (κ2) is 5.69. The lowest BCUT2D eigenvalue weighted by molar-refractivity contribution is -0.521. The lowest BCUT2D eigenvalue weighted by Crippen LogP contribution is -2.18. The number of allylic oxidation sites excluding steroid dienone is 2. The van der Waals surface area contributed by atoms with Gasteiger partial charge in [-0.3, -0.25) is 10.1 Å². The van der Waals surface area contributed by atoms with E-state index in [-0.39, 0.29) is 12.4 Å². The second-order valence-corrected chi connectivity index (χ2v) is 2.78. The fourth-order valence-electron chi connectivity index (χ4n) is 0.939. The summed E-state index contributed by atoms with van der Waals surface area (Å²) in [6.07, 6.45) is 2.20. The zero-order valence-corrected chi connectivity index (χ0v) is 8.66. The molecule has 0 spiro atoms. The first-order chi connectivity index (χ1) is 7.63. The monoisotopic (exact) mass is 229 g/mol. The summed E-state index contributed by atoms with van der Waals surface area (Å²) in [5, 5.41) is 14.9. The van der Waals surface area contributed by atoms with E-state index in [1.54, 1.807) is 6.92 Å². The molecule has 1 saturated heterocycles. The Kier molecular flexibility index (Phi) is 4.25. The van der Waals surface area contributed by atoms with Gasteiger partial charge in [-0.1, -0.05) is 0 Å². The van der Waals surface area contributed by atoms with Crippen molar-refractivity contribution in [1.82, 2.24) is 5.01 Å². The average Bonchev–Trinajstić information content (AvgIpc) is 2.64. The van der Waals surface area contributed by atoms with E-state index in [1.165, 1.54) is 12.3 Å². The second-order valence-electron chi connectivity index (χ2n) is 2.78. The van der Waals surface area contributed by atoms with Gasteiger partial charge in [0, 0.05) is 0 Å². The first-order valence-electron chi connectivity index (χ1n) is 4.52. The topological polar surface area (TPSA) is 94.3 Å². The van der Waals surface area contributed by atoms with E-state index in [1.807, 2.05) is 0 Å². The van der Waals surface area contributed by atoms with Gasteiger partial charge in [-0.25, -0.2) is 4.79 Å². The minimum Gasteiger partial charge on any atom is -0.446 e. The van der Waals surface area contributed by atoms with Crippen LogP contribution < -0.4 is 0 Å². The Morgan fingerprint density at radius 1 is 1.81 bits per heavy atom. The van der Waals surface area contributed by atoms with E-state index in [2.05, 4.69) is 9.84 Å². The minimum atomic E-state index is -0.643. The molecule has 1 heterocycles. The van der Waals surface area contributed by atoms with E-state index < -0.39 is 17.7 Å². The molecule has 1 aliphatic heterocycles. The Morgan fingerprint density at radius 3 is 3.06 bits per heavy atom. The van der Waals surface area contributed by atoms with Crippen molar-refractivity contribution in [2.24, 2.45) is 5.10 Å². The largest absolute Gasteiger partial charge is 0.446 e. The van der Waals surface area contributed by atoms with Gasteiger partial charge in [-0.2, -0.15) is 10.1 Å². The third kappa shape index (κ3) is 3.56. The van der Waals surface area contributed by atoms with Crippen molar-refractivity contribution in [2.45, 2.75) is 6.92 Å². The van der Waals surface area contributed by atoms with Crippen LogP contribution in [0.2, 0.25) is 0 Å². The molecule has 0 aliphatic carbocycles. The molecule has 1 amide bonds. The van der Waals surface area contributed by atoms with Gasteiger partial charge in [-0.05, 0) is 13.0 Å². The zero-order chi connectivity index (χ0) is 12.0. The summed E-state index contributed by atoms with van der Waals surface area (Å²) in [6, 6.07) is 0. The van der Waals surface area contributed by atoms with Crippen molar-refractivity contribution < 1.29 is 19.2 Å². The number of hydrogen-bond acceptors (Lipinski definition) is 6. The standard InChI is InChI=1S/C8H11N3O5/c1-2-7(16-6-11(13)14)5-9-10-3-4-15-8(10)12/h2,5H,3-4,6H2,1H3/b7-2-,9-5+. The first-order valence-corrected chi connectivity index (χ1v) is 4.52. The Labute approximate surface area is 91.3 Å². The van der Waals surface area contributed by atoms with Crippen molar-refractivity contribution in [1.29, 1.82) is 0 Å². The maximum absolute atomic E-state index is 11.0. The molecule has 0 aromatic rings. The number of cyclic esters (lactones) is 1. The quantitative estimate of drug-likeness (QED) is 0.226. The van der Waals surface area contributed by atoms with Gasteiger partial charge < -0.3 is 9.47 Å². The van der Waals surface area contributed by atoms with Gasteiger partial charge in [0.2, 0.25) is 0 Å². The zero-order valence-electron chi connectivity index (χ0n) is 8.66. The summed E-state index contributed by atoms with van der Waals surface area (Å²) >= 11 is 0. The third-order valence-corrected chi connectivity index (χ3v) is 1.68. The highest BCUT2D eigenvalue weighted by atomic mass is 16.7. The van der Waals surface area contributed by atoms with Gasteiger partial charge in [0.25, 0.3) is 0 Å². The smallest absolute Gasteiger partial charge is 0.430 e. The molecule has 16 heavy (non-hydrogen) atoms. The summed E-state index contributed by atoms with van der Waals surface area (Å²) < 4.78 is 9.42. The molecule has 8 heteroatoms. The van der Waals surface area contributed by atoms with Crippen LogP contribution >= 0.6 is 0 Å². The van der Waals surface area contributed by atoms with Crippen LogP contribution in [0.3, 0.4) is 0 Å². The maximum Gasteiger partial charge on any atom is 0.430 e. The molecule has 0 atom stereocenters. The molecule has 1 aliphatic rings. The predicted octanol–water partition coefficient (Wildman–Crippen LogP) is 0.579. The number of nitro groups is 1. The highest BCUT2D eigenvalue weighted by Gasteiger charge is 2.20. The number of carbonyl (C=O) groups excluding carboxylic acids is 1. The third-order valence-electron chi connectivity index (χ3n) is 1.68. The summed E-state index contributed by atoms with van der Waals surface area (Å²) in [7, 11) is 0. The molecule has 0 unspecified atom stereocenters. The highest BCUT2D eigenvalue weighted by molar-refractivity contribution is 5.78. The predicted molar refractivity (Wildman–Crippen MR) is 53.2 cm³/mol. The lowest BCUT2D eigenvalue weighted by atomic mass is 10.5. The Bertz CT molecular complexity index is 339. The number of hydrogen-bond donors (Lipinski definition) is 0. The summed E-state index contributed by atoms with van der Waals surface area (Å²) in [6.45, 7) is 1.65. The van der Waals surface area contributed by atoms with Gasteiger partial charge in [0.1, 0.15) is 12.4 Å². The van der Waals surface area contributed by atoms with Crippen molar-refractivity contribution in [2.75, 3.05) is 19.9 Å². The van der Waals surface area contributed by atoms with Crippen molar-refractivity contribution in [3.05, 3.63) is 21.9 Å². The van der Waals surface area contributed by atoms with Gasteiger partial charge in [0.05, 0.1) is 17.7 Å². The number of rotatable bonds is 5. The molecule has 0 N–H and O–H groups in total. The van der Waals surface area contributed by atoms with Crippen LogP contribution in [0.15, 0.2) is 16.9 Å². The van der Waals surface area contributed by atoms with Crippen molar-refractivity contribution in [3.8, 4) is 0 Å². The highest BCUT2D eigenvalue weighted by Crippen LogP contribution is 2.04. The maximum atomic E-state index is 11.0. The van der Waals surface area contributed by atoms with Crippen molar-refractivity contribution >= 4 is 12.3 Å². The molecule has 0 radical (unpaired) electrons. The van der Waals surface area contributed by atoms with Crippen LogP contribution in [0.25, 0.3) is 0 Å². The van der Waals surface area contributed by atoms with Crippen LogP contribution in [0.5, 0.6) is 0 Å². The fourth-order valence-corrected chi connectivity index (χ4v) is 0.939. The number of ether oxygens (including phenoxy) is 2. The van der Waals surface area contributed by atoms with Crippen LogP contribution in [0, 0.1) is 10.1 Å². The molecular formula is C8H11N3O5.